The molecule has 0 amide bonds. The zero-order valence-corrected chi connectivity index (χ0v) is 18.7. The molecule has 0 radical (unpaired) electrons. The largest absolute Gasteiger partial charge is 0.481 e. The van der Waals surface area contributed by atoms with Crippen LogP contribution in [0.5, 0.6) is 0 Å². The minimum absolute atomic E-state index is 0.207. The summed E-state index contributed by atoms with van der Waals surface area (Å²) in [5.41, 5.74) is 0. The number of rotatable bonds is 11. The van der Waals surface area contributed by atoms with E-state index in [-0.39, 0.29) is 5.92 Å². The van der Waals surface area contributed by atoms with Crippen molar-refractivity contribution in [1.29, 1.82) is 0 Å². The molecule has 0 aliphatic carbocycles. The highest BCUT2D eigenvalue weighted by Gasteiger charge is 2.44. The number of hydrogen-bond donors (Lipinski definition) is 1. The number of carbonyl (C=O) groups is 1. The van der Waals surface area contributed by atoms with Gasteiger partial charge in [-0.1, -0.05) is 67.9 Å². The quantitative estimate of drug-likeness (QED) is 0.322. The van der Waals surface area contributed by atoms with E-state index in [0.717, 1.165) is 31.8 Å². The van der Waals surface area contributed by atoms with Gasteiger partial charge in [-0.3, -0.25) is 4.79 Å². The third-order valence-corrected chi connectivity index (χ3v) is 10.5. The second-order valence-electron chi connectivity index (χ2n) is 7.83. The summed E-state index contributed by atoms with van der Waals surface area (Å²) < 4.78 is 0. The molecule has 156 valence electrons. The molecular weight excluding hydrogens is 387 g/mol. The first-order valence-corrected chi connectivity index (χ1v) is 12.9. The van der Waals surface area contributed by atoms with Crippen molar-refractivity contribution in [3.8, 4) is 0 Å². The number of aliphatic carboxylic acids is 1. The summed E-state index contributed by atoms with van der Waals surface area (Å²) in [7, 11) is -1.76. The van der Waals surface area contributed by atoms with Gasteiger partial charge >= 0.3 is 5.97 Å². The zero-order valence-electron chi connectivity index (χ0n) is 17.8. The molecule has 3 aromatic rings. The van der Waals surface area contributed by atoms with Gasteiger partial charge in [0.25, 0.3) is 0 Å². The van der Waals surface area contributed by atoms with Crippen LogP contribution in [0.1, 0.15) is 39.0 Å². The van der Waals surface area contributed by atoms with E-state index in [0.29, 0.717) is 6.42 Å². The Morgan fingerprint density at radius 1 is 0.733 bits per heavy atom. The summed E-state index contributed by atoms with van der Waals surface area (Å²) >= 11 is 0. The number of unbranched alkanes of at least 4 members (excludes halogenated alkanes) is 2. The Hall–Kier alpha value is -2.44. The average Bonchev–Trinajstić information content (AvgIpc) is 2.80. The van der Waals surface area contributed by atoms with Gasteiger partial charge in [0.1, 0.15) is 23.2 Å². The smallest absolute Gasteiger partial charge is 0.306 e. The van der Waals surface area contributed by atoms with Gasteiger partial charge in [-0.05, 0) is 62.1 Å². The Morgan fingerprint density at radius 2 is 1.17 bits per heavy atom. The predicted molar refractivity (Wildman–Crippen MR) is 130 cm³/mol. The van der Waals surface area contributed by atoms with Crippen LogP contribution in [-0.4, -0.2) is 17.2 Å². The van der Waals surface area contributed by atoms with Crippen molar-refractivity contribution in [3.05, 3.63) is 91.0 Å². The molecule has 0 aliphatic rings. The van der Waals surface area contributed by atoms with Crippen molar-refractivity contribution in [2.24, 2.45) is 5.92 Å². The van der Waals surface area contributed by atoms with E-state index in [4.69, 9.17) is 0 Å². The van der Waals surface area contributed by atoms with E-state index in [1.807, 2.05) is 6.92 Å². The van der Waals surface area contributed by atoms with Crippen LogP contribution >= 0.6 is 7.26 Å². The Labute approximate surface area is 181 Å². The fourth-order valence-corrected chi connectivity index (χ4v) is 8.71. The minimum Gasteiger partial charge on any atom is -0.481 e. The van der Waals surface area contributed by atoms with Gasteiger partial charge in [0.2, 0.25) is 0 Å². The van der Waals surface area contributed by atoms with E-state index < -0.39 is 13.2 Å². The fraction of sp³-hybridized carbons (Fsp3) is 0.296. The van der Waals surface area contributed by atoms with E-state index in [9.17, 15) is 9.90 Å². The summed E-state index contributed by atoms with van der Waals surface area (Å²) in [6.45, 7) is 1.97. The van der Waals surface area contributed by atoms with Crippen LogP contribution in [0.25, 0.3) is 0 Å². The van der Waals surface area contributed by atoms with E-state index in [1.165, 1.54) is 15.9 Å². The first kappa shape index (κ1) is 22.2. The van der Waals surface area contributed by atoms with Crippen LogP contribution in [0.4, 0.5) is 0 Å². The molecule has 0 saturated heterocycles. The van der Waals surface area contributed by atoms with Gasteiger partial charge in [0.05, 0.1) is 12.1 Å². The van der Waals surface area contributed by atoms with Gasteiger partial charge in [0.15, 0.2) is 0 Å². The number of benzene rings is 3. The van der Waals surface area contributed by atoms with Gasteiger partial charge in [-0.15, -0.1) is 0 Å². The SMILES string of the molecule is CCC(CCCCC[P+](c1ccccc1)(c1ccccc1)c1ccccc1)C(=O)O. The molecule has 3 rings (SSSR count). The lowest BCUT2D eigenvalue weighted by molar-refractivity contribution is -0.142. The normalized spacial score (nSPS) is 12.4. The third-order valence-electron chi connectivity index (χ3n) is 5.98. The Balaban J connectivity index is 1.89. The molecule has 1 N–H and O–H groups in total. The molecule has 0 saturated carbocycles. The maximum atomic E-state index is 11.3. The number of carboxylic acid groups (broad SMARTS) is 1. The van der Waals surface area contributed by atoms with Crippen LogP contribution in [0.2, 0.25) is 0 Å². The molecule has 30 heavy (non-hydrogen) atoms. The molecule has 2 nitrogen and oxygen atoms in total. The van der Waals surface area contributed by atoms with E-state index in [2.05, 4.69) is 91.0 Å². The maximum Gasteiger partial charge on any atom is 0.306 e. The van der Waals surface area contributed by atoms with Crippen molar-refractivity contribution in [2.75, 3.05) is 6.16 Å². The van der Waals surface area contributed by atoms with Crippen molar-refractivity contribution in [1.82, 2.24) is 0 Å². The highest BCUT2D eigenvalue weighted by Crippen LogP contribution is 2.56. The molecule has 0 aromatic heterocycles. The Morgan fingerprint density at radius 3 is 1.53 bits per heavy atom. The summed E-state index contributed by atoms with van der Waals surface area (Å²) in [6.07, 6.45) is 5.74. The Bertz CT molecular complexity index is 797. The lowest BCUT2D eigenvalue weighted by atomic mass is 9.99. The van der Waals surface area contributed by atoms with Gasteiger partial charge in [-0.25, -0.2) is 0 Å². The van der Waals surface area contributed by atoms with Gasteiger partial charge < -0.3 is 5.11 Å². The van der Waals surface area contributed by atoms with E-state index >= 15 is 0 Å². The number of hydrogen-bond acceptors (Lipinski definition) is 1. The van der Waals surface area contributed by atoms with Crippen LogP contribution < -0.4 is 15.9 Å². The molecular formula is C27H32O2P+. The lowest BCUT2D eigenvalue weighted by Gasteiger charge is -2.27. The average molecular weight is 420 g/mol. The van der Waals surface area contributed by atoms with Gasteiger partial charge in [0, 0.05) is 0 Å². The first-order chi connectivity index (χ1) is 14.7. The second-order valence-corrected chi connectivity index (χ2v) is 11.4. The molecule has 1 atom stereocenters. The third kappa shape index (κ3) is 5.18. The molecule has 3 heteroatoms. The molecule has 0 heterocycles. The minimum atomic E-state index is -1.76. The van der Waals surface area contributed by atoms with Crippen LogP contribution in [0.15, 0.2) is 91.0 Å². The second kappa shape index (κ2) is 11.1. The maximum absolute atomic E-state index is 11.3. The summed E-state index contributed by atoms with van der Waals surface area (Å²) in [6, 6.07) is 32.8. The molecule has 0 bridgehead atoms. The molecule has 0 spiro atoms. The van der Waals surface area contributed by atoms with Gasteiger partial charge in [-0.2, -0.15) is 0 Å². The van der Waals surface area contributed by atoms with Crippen LogP contribution in [-0.2, 0) is 4.79 Å². The number of carboxylic acids is 1. The highest BCUT2D eigenvalue weighted by molar-refractivity contribution is 7.95. The predicted octanol–water partition coefficient (Wildman–Crippen LogP) is 5.65. The topological polar surface area (TPSA) is 37.3 Å². The van der Waals surface area contributed by atoms with Crippen molar-refractivity contribution >= 4 is 29.1 Å². The van der Waals surface area contributed by atoms with Crippen LogP contribution in [0, 0.1) is 5.92 Å². The monoisotopic (exact) mass is 419 g/mol. The van der Waals surface area contributed by atoms with E-state index in [1.54, 1.807) is 0 Å². The van der Waals surface area contributed by atoms with Crippen molar-refractivity contribution in [2.45, 2.75) is 39.0 Å². The first-order valence-electron chi connectivity index (χ1n) is 11.0. The summed E-state index contributed by atoms with van der Waals surface area (Å²) in [4.78, 5) is 11.3. The van der Waals surface area contributed by atoms with Crippen molar-refractivity contribution < 1.29 is 9.90 Å². The highest BCUT2D eigenvalue weighted by atomic mass is 31.2. The molecule has 0 aliphatic heterocycles. The molecule has 0 fully saturated rings. The lowest BCUT2D eigenvalue weighted by Crippen LogP contribution is -2.33. The summed E-state index contributed by atoms with van der Waals surface area (Å²) in [5, 5.41) is 13.6. The molecule has 3 aromatic carbocycles. The zero-order chi connectivity index (χ0) is 21.2. The fourth-order valence-electron chi connectivity index (χ4n) is 4.30. The Kier molecular flexibility index (Phi) is 8.22. The van der Waals surface area contributed by atoms with Crippen molar-refractivity contribution in [3.63, 3.8) is 0 Å². The standard InChI is InChI=1S/C27H31O2P/c1-2-23(27(28)29)15-7-6-14-22-30(24-16-8-3-9-17-24,25-18-10-4-11-19-25)26-20-12-5-13-21-26/h3-5,8-13,16-21,23H,2,6-7,14-15,22H2,1H3/p+1. The van der Waals surface area contributed by atoms with Crippen LogP contribution in [0.3, 0.4) is 0 Å². The molecule has 1 unspecified atom stereocenters. The summed E-state index contributed by atoms with van der Waals surface area (Å²) in [5.74, 6) is -0.862.